The van der Waals surface area contributed by atoms with E-state index in [1.165, 1.54) is 12.1 Å². The molecule has 3 rings (SSSR count). The van der Waals surface area contributed by atoms with Gasteiger partial charge in [0.2, 0.25) is 5.88 Å². The van der Waals surface area contributed by atoms with Gasteiger partial charge in [0.25, 0.3) is 0 Å². The predicted octanol–water partition coefficient (Wildman–Crippen LogP) is 3.13. The zero-order chi connectivity index (χ0) is 14.8. The Hall–Kier alpha value is -2.89. The van der Waals surface area contributed by atoms with Crippen molar-refractivity contribution in [3.05, 3.63) is 48.4 Å². The lowest BCUT2D eigenvalue weighted by Crippen LogP contribution is -1.94. The first-order valence-corrected chi connectivity index (χ1v) is 6.21. The maximum absolute atomic E-state index is 13.0. The van der Waals surface area contributed by atoms with Crippen LogP contribution in [0.3, 0.4) is 0 Å². The third-order valence-electron chi connectivity index (χ3n) is 3.06. The van der Waals surface area contributed by atoms with Crippen molar-refractivity contribution in [3.63, 3.8) is 0 Å². The van der Waals surface area contributed by atoms with Gasteiger partial charge in [-0.2, -0.15) is 0 Å². The quantitative estimate of drug-likeness (QED) is 0.800. The van der Waals surface area contributed by atoms with Gasteiger partial charge in [-0.15, -0.1) is 0 Å². The van der Waals surface area contributed by atoms with E-state index in [0.29, 0.717) is 28.3 Å². The molecule has 0 saturated heterocycles. The second kappa shape index (κ2) is 5.24. The summed E-state index contributed by atoms with van der Waals surface area (Å²) in [5.41, 5.74) is 8.09. The van der Waals surface area contributed by atoms with E-state index in [4.69, 9.17) is 15.0 Å². The Morgan fingerprint density at radius 2 is 1.90 bits per heavy atom. The van der Waals surface area contributed by atoms with Crippen LogP contribution in [0.4, 0.5) is 10.3 Å². The standard InChI is InChI=1S/C15H12FN3O2/c1-20-11-3-2-8-18-14(11)12-13(19-21-15(12)17)9-4-6-10(16)7-5-9/h2-8H,17H2,1H3. The molecule has 0 saturated carbocycles. The molecule has 3 aromatic rings. The molecule has 2 aromatic heterocycles. The molecule has 6 heteroatoms. The van der Waals surface area contributed by atoms with Crippen LogP contribution in [0.1, 0.15) is 0 Å². The molecule has 2 N–H and O–H groups in total. The molecule has 0 amide bonds. The van der Waals surface area contributed by atoms with Gasteiger partial charge in [0, 0.05) is 11.8 Å². The van der Waals surface area contributed by atoms with E-state index in [2.05, 4.69) is 10.1 Å². The summed E-state index contributed by atoms with van der Waals surface area (Å²) in [6.07, 6.45) is 1.62. The molecule has 106 valence electrons. The molecule has 0 unspecified atom stereocenters. The summed E-state index contributed by atoms with van der Waals surface area (Å²) in [5, 5.41) is 3.95. The van der Waals surface area contributed by atoms with Gasteiger partial charge < -0.3 is 15.0 Å². The minimum absolute atomic E-state index is 0.131. The number of halogens is 1. The monoisotopic (exact) mass is 285 g/mol. The first-order chi connectivity index (χ1) is 10.2. The van der Waals surface area contributed by atoms with Crippen molar-refractivity contribution in [2.24, 2.45) is 0 Å². The smallest absolute Gasteiger partial charge is 0.232 e. The maximum Gasteiger partial charge on any atom is 0.232 e. The molecule has 21 heavy (non-hydrogen) atoms. The fourth-order valence-corrected chi connectivity index (χ4v) is 2.08. The molecule has 0 aliphatic carbocycles. The molecule has 2 heterocycles. The van der Waals surface area contributed by atoms with Crippen molar-refractivity contribution < 1.29 is 13.7 Å². The number of methoxy groups -OCH3 is 1. The van der Waals surface area contributed by atoms with Gasteiger partial charge >= 0.3 is 0 Å². The zero-order valence-electron chi connectivity index (χ0n) is 11.2. The number of ether oxygens (including phenoxy) is 1. The van der Waals surface area contributed by atoms with Gasteiger partial charge in [0.15, 0.2) is 0 Å². The number of benzene rings is 1. The molecule has 1 aromatic carbocycles. The minimum atomic E-state index is -0.327. The predicted molar refractivity (Wildman–Crippen MR) is 76.1 cm³/mol. The normalized spacial score (nSPS) is 10.6. The second-order valence-electron chi connectivity index (χ2n) is 4.33. The van der Waals surface area contributed by atoms with Crippen LogP contribution in [-0.2, 0) is 0 Å². The van der Waals surface area contributed by atoms with Gasteiger partial charge in [-0.1, -0.05) is 5.16 Å². The number of anilines is 1. The highest BCUT2D eigenvalue weighted by Crippen LogP contribution is 2.39. The minimum Gasteiger partial charge on any atom is -0.494 e. The van der Waals surface area contributed by atoms with Crippen LogP contribution in [0.25, 0.3) is 22.5 Å². The fraction of sp³-hybridized carbons (Fsp3) is 0.0667. The first kappa shape index (κ1) is 13.1. The van der Waals surface area contributed by atoms with E-state index in [-0.39, 0.29) is 11.7 Å². The molecule has 0 spiro atoms. The number of nitrogens with zero attached hydrogens (tertiary/aromatic N) is 2. The molecule has 0 fully saturated rings. The number of hydrogen-bond acceptors (Lipinski definition) is 5. The lowest BCUT2D eigenvalue weighted by atomic mass is 10.0. The summed E-state index contributed by atoms with van der Waals surface area (Å²) in [6.45, 7) is 0. The first-order valence-electron chi connectivity index (χ1n) is 6.21. The number of hydrogen-bond donors (Lipinski definition) is 1. The summed E-state index contributed by atoms with van der Waals surface area (Å²) in [5.74, 6) is 0.356. The molecule has 0 bridgehead atoms. The number of pyridine rings is 1. The Labute approximate surface area is 120 Å². The second-order valence-corrected chi connectivity index (χ2v) is 4.33. The molecule has 0 atom stereocenters. The van der Waals surface area contributed by atoms with Crippen molar-refractivity contribution in [1.29, 1.82) is 0 Å². The van der Waals surface area contributed by atoms with Crippen LogP contribution in [0.15, 0.2) is 47.1 Å². The number of nitrogens with two attached hydrogens (primary N) is 1. The van der Waals surface area contributed by atoms with Crippen LogP contribution in [-0.4, -0.2) is 17.3 Å². The molecule has 0 aliphatic heterocycles. The summed E-state index contributed by atoms with van der Waals surface area (Å²) in [4.78, 5) is 4.28. The van der Waals surface area contributed by atoms with Crippen molar-refractivity contribution in [2.45, 2.75) is 0 Å². The summed E-state index contributed by atoms with van der Waals surface area (Å²) < 4.78 is 23.4. The highest BCUT2D eigenvalue weighted by Gasteiger charge is 2.21. The summed E-state index contributed by atoms with van der Waals surface area (Å²) in [7, 11) is 1.54. The summed E-state index contributed by atoms with van der Waals surface area (Å²) >= 11 is 0. The largest absolute Gasteiger partial charge is 0.494 e. The van der Waals surface area contributed by atoms with Crippen molar-refractivity contribution in [3.8, 4) is 28.3 Å². The highest BCUT2D eigenvalue weighted by molar-refractivity contribution is 5.87. The van der Waals surface area contributed by atoms with Gasteiger partial charge in [0.1, 0.15) is 23.0 Å². The number of rotatable bonds is 3. The van der Waals surface area contributed by atoms with Crippen LogP contribution in [0, 0.1) is 5.82 Å². The molecular formula is C15H12FN3O2. The molecular weight excluding hydrogens is 273 g/mol. The Balaban J connectivity index is 2.20. The average molecular weight is 285 g/mol. The van der Waals surface area contributed by atoms with E-state index < -0.39 is 0 Å². The third-order valence-corrected chi connectivity index (χ3v) is 3.06. The Bertz CT molecular complexity index is 769. The Kier molecular flexibility index (Phi) is 3.27. The van der Waals surface area contributed by atoms with Crippen molar-refractivity contribution in [2.75, 3.05) is 12.8 Å². The van der Waals surface area contributed by atoms with E-state index in [1.54, 1.807) is 37.6 Å². The molecule has 0 aliphatic rings. The number of aromatic nitrogens is 2. The lowest BCUT2D eigenvalue weighted by molar-refractivity contribution is 0.414. The maximum atomic E-state index is 13.0. The van der Waals surface area contributed by atoms with E-state index in [9.17, 15) is 4.39 Å². The van der Waals surface area contributed by atoms with Crippen LogP contribution >= 0.6 is 0 Å². The van der Waals surface area contributed by atoms with Crippen molar-refractivity contribution >= 4 is 5.88 Å². The van der Waals surface area contributed by atoms with Crippen LogP contribution in [0.2, 0.25) is 0 Å². The van der Waals surface area contributed by atoms with Gasteiger partial charge in [-0.05, 0) is 36.4 Å². The fourth-order valence-electron chi connectivity index (χ4n) is 2.08. The number of nitrogen functional groups attached to an aromatic ring is 1. The lowest BCUT2D eigenvalue weighted by Gasteiger charge is -2.07. The van der Waals surface area contributed by atoms with E-state index in [1.807, 2.05) is 0 Å². The van der Waals surface area contributed by atoms with E-state index in [0.717, 1.165) is 0 Å². The highest BCUT2D eigenvalue weighted by atomic mass is 19.1. The van der Waals surface area contributed by atoms with Crippen molar-refractivity contribution in [1.82, 2.24) is 10.1 Å². The van der Waals surface area contributed by atoms with Crippen LogP contribution in [0.5, 0.6) is 5.75 Å². The topological polar surface area (TPSA) is 74.2 Å². The van der Waals surface area contributed by atoms with Gasteiger partial charge in [0.05, 0.1) is 12.7 Å². The Morgan fingerprint density at radius 3 is 2.62 bits per heavy atom. The molecule has 5 nitrogen and oxygen atoms in total. The average Bonchev–Trinajstić information content (AvgIpc) is 2.89. The van der Waals surface area contributed by atoms with E-state index >= 15 is 0 Å². The molecule has 0 radical (unpaired) electrons. The van der Waals surface area contributed by atoms with Gasteiger partial charge in [-0.25, -0.2) is 4.39 Å². The van der Waals surface area contributed by atoms with Gasteiger partial charge in [-0.3, -0.25) is 4.98 Å². The van der Waals surface area contributed by atoms with Crippen LogP contribution < -0.4 is 10.5 Å². The zero-order valence-corrected chi connectivity index (χ0v) is 11.2. The SMILES string of the molecule is COc1cccnc1-c1c(-c2ccc(F)cc2)noc1N. The Morgan fingerprint density at radius 1 is 1.14 bits per heavy atom. The summed E-state index contributed by atoms with van der Waals surface area (Å²) in [6, 6.07) is 9.42. The third kappa shape index (κ3) is 2.31.